The van der Waals surface area contributed by atoms with Crippen molar-refractivity contribution in [3.8, 4) is 0 Å². The highest BCUT2D eigenvalue weighted by Crippen LogP contribution is 2.13. The average Bonchev–Trinajstić information content (AvgIpc) is 3.24. The highest BCUT2D eigenvalue weighted by molar-refractivity contribution is 5.92. The van der Waals surface area contributed by atoms with Gasteiger partial charge in [-0.1, -0.05) is 6.07 Å². The summed E-state index contributed by atoms with van der Waals surface area (Å²) in [4.78, 5) is 34.0. The van der Waals surface area contributed by atoms with Crippen LogP contribution in [-0.4, -0.2) is 63.0 Å². The predicted molar refractivity (Wildman–Crippen MR) is 111 cm³/mol. The Morgan fingerprint density at radius 2 is 1.97 bits per heavy atom. The van der Waals surface area contributed by atoms with Crippen molar-refractivity contribution < 1.29 is 9.21 Å². The summed E-state index contributed by atoms with van der Waals surface area (Å²) in [7, 11) is 0. The summed E-state index contributed by atoms with van der Waals surface area (Å²) < 4.78 is 5.54. The van der Waals surface area contributed by atoms with E-state index in [1.165, 1.54) is 6.26 Å². The number of nitrogens with zero attached hydrogens (tertiary/aromatic N) is 6. The van der Waals surface area contributed by atoms with Crippen LogP contribution in [0.15, 0.2) is 53.7 Å². The Morgan fingerprint density at radius 1 is 1.17 bits per heavy atom. The predicted octanol–water partition coefficient (Wildman–Crippen LogP) is 1.54. The minimum atomic E-state index is -0.229. The highest BCUT2D eigenvalue weighted by atomic mass is 16.3. The first-order valence-corrected chi connectivity index (χ1v) is 10.1. The molecule has 1 aliphatic heterocycles. The van der Waals surface area contributed by atoms with E-state index >= 15 is 0 Å². The van der Waals surface area contributed by atoms with E-state index in [1.807, 2.05) is 25.1 Å². The number of anilines is 1. The van der Waals surface area contributed by atoms with Crippen molar-refractivity contribution >= 4 is 11.9 Å². The molecule has 1 atom stereocenters. The number of rotatable bonds is 7. The Hall–Kier alpha value is -3.33. The van der Waals surface area contributed by atoms with E-state index in [9.17, 15) is 4.79 Å². The molecule has 1 fully saturated rings. The van der Waals surface area contributed by atoms with Crippen LogP contribution >= 0.6 is 0 Å². The lowest BCUT2D eigenvalue weighted by atomic mass is 10.1. The number of hydrogen-bond acceptors (Lipinski definition) is 8. The third kappa shape index (κ3) is 5.18. The smallest absolute Gasteiger partial charge is 0.273 e. The number of amides is 1. The molecule has 0 unspecified atom stereocenters. The Kier molecular flexibility index (Phi) is 6.29. The molecule has 9 nitrogen and oxygen atoms in total. The maximum Gasteiger partial charge on any atom is 0.273 e. The topological polar surface area (TPSA) is 100 Å². The molecule has 4 heterocycles. The Bertz CT molecular complexity index is 940. The molecule has 0 saturated carbocycles. The first kappa shape index (κ1) is 20.0. The fourth-order valence-electron chi connectivity index (χ4n) is 3.46. The number of nitrogens with one attached hydrogen (secondary N) is 1. The fraction of sp³-hybridized carbons (Fsp3) is 0.381. The number of pyridine rings is 1. The van der Waals surface area contributed by atoms with Crippen LogP contribution in [0.5, 0.6) is 0 Å². The van der Waals surface area contributed by atoms with Crippen molar-refractivity contribution in [2.24, 2.45) is 0 Å². The molecule has 0 bridgehead atoms. The molecule has 0 aromatic carbocycles. The monoisotopic (exact) mass is 407 g/mol. The number of carbonyl (C=O) groups excluding carboxylic acids is 1. The van der Waals surface area contributed by atoms with E-state index in [0.717, 1.165) is 37.7 Å². The SMILES string of the molecule is C[C@@H](Cc1cccnc1)NC(=O)c1coc(CN2CCN(c3ncccn3)CC2)n1. The van der Waals surface area contributed by atoms with Crippen LogP contribution in [0.3, 0.4) is 0 Å². The van der Waals surface area contributed by atoms with Crippen molar-refractivity contribution in [2.75, 3.05) is 31.1 Å². The molecule has 4 rings (SSSR count). The maximum atomic E-state index is 12.5. The summed E-state index contributed by atoms with van der Waals surface area (Å²) in [6, 6.07) is 5.67. The van der Waals surface area contributed by atoms with Gasteiger partial charge in [0.2, 0.25) is 11.8 Å². The van der Waals surface area contributed by atoms with E-state index in [2.05, 4.69) is 35.1 Å². The normalized spacial score (nSPS) is 15.7. The molecule has 30 heavy (non-hydrogen) atoms. The standard InChI is InChI=1S/C21H25N7O2/c1-16(12-17-4-2-5-22-13-17)25-20(29)18-15-30-19(26-18)14-27-8-10-28(11-9-27)21-23-6-3-7-24-21/h2-7,13,15-16H,8-12,14H2,1H3,(H,25,29)/t16-/m0/s1. The molecule has 1 saturated heterocycles. The molecule has 0 aliphatic carbocycles. The van der Waals surface area contributed by atoms with Gasteiger partial charge in [-0.25, -0.2) is 15.0 Å². The summed E-state index contributed by atoms with van der Waals surface area (Å²) in [5, 5.41) is 2.96. The molecule has 3 aromatic heterocycles. The summed E-state index contributed by atoms with van der Waals surface area (Å²) in [5.41, 5.74) is 1.38. The second-order valence-electron chi connectivity index (χ2n) is 7.38. The lowest BCUT2D eigenvalue weighted by molar-refractivity contribution is 0.0935. The zero-order chi connectivity index (χ0) is 20.8. The van der Waals surface area contributed by atoms with E-state index in [4.69, 9.17) is 4.42 Å². The van der Waals surface area contributed by atoms with Crippen LogP contribution in [0, 0.1) is 0 Å². The van der Waals surface area contributed by atoms with Gasteiger partial charge in [0, 0.05) is 57.0 Å². The van der Waals surface area contributed by atoms with Gasteiger partial charge in [-0.15, -0.1) is 0 Å². The fourth-order valence-corrected chi connectivity index (χ4v) is 3.46. The van der Waals surface area contributed by atoms with Crippen LogP contribution in [0.2, 0.25) is 0 Å². The molecule has 1 N–H and O–H groups in total. The lowest BCUT2D eigenvalue weighted by Gasteiger charge is -2.33. The minimum Gasteiger partial charge on any atom is -0.447 e. The van der Waals surface area contributed by atoms with Gasteiger partial charge in [-0.2, -0.15) is 0 Å². The summed E-state index contributed by atoms with van der Waals surface area (Å²) >= 11 is 0. The molecule has 3 aromatic rings. The van der Waals surface area contributed by atoms with E-state index < -0.39 is 0 Å². The molecule has 1 amide bonds. The third-order valence-electron chi connectivity index (χ3n) is 4.99. The second kappa shape index (κ2) is 9.45. The zero-order valence-corrected chi connectivity index (χ0v) is 16.9. The number of aromatic nitrogens is 4. The average molecular weight is 407 g/mol. The molecular formula is C21H25N7O2. The van der Waals surface area contributed by atoms with Crippen LogP contribution in [0.4, 0.5) is 5.95 Å². The molecule has 156 valence electrons. The van der Waals surface area contributed by atoms with Crippen LogP contribution < -0.4 is 10.2 Å². The van der Waals surface area contributed by atoms with Crippen molar-refractivity contribution in [3.05, 3.63) is 66.4 Å². The number of oxazole rings is 1. The lowest BCUT2D eigenvalue weighted by Crippen LogP contribution is -2.46. The quantitative estimate of drug-likeness (QED) is 0.630. The molecule has 9 heteroatoms. The minimum absolute atomic E-state index is 0.0323. The second-order valence-corrected chi connectivity index (χ2v) is 7.38. The van der Waals surface area contributed by atoms with E-state index in [-0.39, 0.29) is 11.9 Å². The van der Waals surface area contributed by atoms with Crippen LogP contribution in [-0.2, 0) is 13.0 Å². The summed E-state index contributed by atoms with van der Waals surface area (Å²) in [6.45, 7) is 5.91. The number of piperazine rings is 1. The summed E-state index contributed by atoms with van der Waals surface area (Å²) in [5.74, 6) is 1.07. The van der Waals surface area contributed by atoms with Gasteiger partial charge in [-0.3, -0.25) is 14.7 Å². The zero-order valence-electron chi connectivity index (χ0n) is 16.9. The van der Waals surface area contributed by atoms with Crippen LogP contribution in [0.25, 0.3) is 0 Å². The van der Waals surface area contributed by atoms with Gasteiger partial charge in [0.1, 0.15) is 6.26 Å². The van der Waals surface area contributed by atoms with E-state index in [1.54, 1.807) is 24.8 Å². The van der Waals surface area contributed by atoms with Gasteiger partial charge >= 0.3 is 0 Å². The molecular weight excluding hydrogens is 382 g/mol. The Labute approximate surface area is 175 Å². The van der Waals surface area contributed by atoms with Crippen molar-refractivity contribution in [3.63, 3.8) is 0 Å². The molecule has 0 spiro atoms. The Morgan fingerprint density at radius 3 is 2.70 bits per heavy atom. The van der Waals surface area contributed by atoms with Crippen molar-refractivity contribution in [1.82, 2.24) is 30.2 Å². The van der Waals surface area contributed by atoms with Crippen molar-refractivity contribution in [2.45, 2.75) is 25.9 Å². The highest BCUT2D eigenvalue weighted by Gasteiger charge is 2.21. The number of carbonyl (C=O) groups is 1. The van der Waals surface area contributed by atoms with Crippen LogP contribution in [0.1, 0.15) is 28.9 Å². The third-order valence-corrected chi connectivity index (χ3v) is 4.99. The van der Waals surface area contributed by atoms with Gasteiger partial charge in [0.05, 0.1) is 6.54 Å². The number of hydrogen-bond donors (Lipinski definition) is 1. The van der Waals surface area contributed by atoms with Gasteiger partial charge in [0.25, 0.3) is 5.91 Å². The Balaban J connectivity index is 1.25. The van der Waals surface area contributed by atoms with Gasteiger partial charge in [0.15, 0.2) is 5.69 Å². The first-order chi connectivity index (χ1) is 14.7. The molecule has 1 aliphatic rings. The largest absolute Gasteiger partial charge is 0.447 e. The van der Waals surface area contributed by atoms with Crippen molar-refractivity contribution in [1.29, 1.82) is 0 Å². The summed E-state index contributed by atoms with van der Waals surface area (Å²) in [6.07, 6.45) is 9.19. The van der Waals surface area contributed by atoms with E-state index in [0.29, 0.717) is 24.6 Å². The first-order valence-electron chi connectivity index (χ1n) is 10.1. The van der Waals surface area contributed by atoms with Gasteiger partial charge in [-0.05, 0) is 31.0 Å². The maximum absolute atomic E-state index is 12.5. The molecule has 0 radical (unpaired) electrons. The van der Waals surface area contributed by atoms with Gasteiger partial charge < -0.3 is 14.6 Å².